The predicted octanol–water partition coefficient (Wildman–Crippen LogP) is 4.70. The Kier molecular flexibility index (Phi) is 6.85. The number of carboxylic acid groups (broad SMARTS) is 1. The lowest BCUT2D eigenvalue weighted by molar-refractivity contribution is -0.146. The molecule has 27 heavy (non-hydrogen) atoms. The molecule has 3 rings (SSSR count). The summed E-state index contributed by atoms with van der Waals surface area (Å²) in [5, 5.41) is 10.8. The fourth-order valence-corrected chi connectivity index (χ4v) is 5.25. The quantitative estimate of drug-likeness (QED) is 0.690. The molecule has 4 nitrogen and oxygen atoms in total. The summed E-state index contributed by atoms with van der Waals surface area (Å²) in [6.45, 7) is 3.86. The number of likely N-dealkylation sites (tertiary alicyclic amines) is 1. The largest absolute Gasteiger partial charge is 0.481 e. The molecule has 1 fully saturated rings. The second-order valence-corrected chi connectivity index (χ2v) is 8.62. The van der Waals surface area contributed by atoms with Crippen LogP contribution < -0.4 is 5.73 Å². The SMILES string of the molecule is CCC1[C@H](C(=O)O)CCCN1CC1=CCC(c2ccc(Cl)cc2Cl)C(N)C1. The number of hydrogen-bond donors (Lipinski definition) is 2. The van der Waals surface area contributed by atoms with Gasteiger partial charge < -0.3 is 10.8 Å². The van der Waals surface area contributed by atoms with Crippen LogP contribution in [0, 0.1) is 5.92 Å². The van der Waals surface area contributed by atoms with Crippen molar-refractivity contribution in [3.8, 4) is 0 Å². The Morgan fingerprint density at radius 2 is 2.15 bits per heavy atom. The van der Waals surface area contributed by atoms with Crippen LogP contribution in [0.25, 0.3) is 0 Å². The van der Waals surface area contributed by atoms with Crippen molar-refractivity contribution in [2.75, 3.05) is 13.1 Å². The van der Waals surface area contributed by atoms with Crippen LogP contribution in [-0.4, -0.2) is 41.1 Å². The van der Waals surface area contributed by atoms with Crippen molar-refractivity contribution in [3.63, 3.8) is 0 Å². The molecule has 0 bridgehead atoms. The molecule has 0 radical (unpaired) electrons. The number of benzene rings is 1. The Morgan fingerprint density at radius 1 is 1.37 bits per heavy atom. The van der Waals surface area contributed by atoms with E-state index in [9.17, 15) is 9.90 Å². The average Bonchev–Trinajstić information content (AvgIpc) is 2.62. The van der Waals surface area contributed by atoms with E-state index in [1.54, 1.807) is 6.07 Å². The molecule has 4 atom stereocenters. The molecule has 0 aromatic heterocycles. The Labute approximate surface area is 171 Å². The van der Waals surface area contributed by atoms with Crippen LogP contribution in [0.2, 0.25) is 10.0 Å². The number of carbonyl (C=O) groups is 1. The molecule has 1 saturated heterocycles. The highest BCUT2D eigenvalue weighted by Crippen LogP contribution is 2.37. The molecule has 148 valence electrons. The maximum Gasteiger partial charge on any atom is 0.308 e. The molecular formula is C21H28Cl2N2O2. The summed E-state index contributed by atoms with van der Waals surface area (Å²) in [5.74, 6) is -0.742. The molecule has 1 heterocycles. The first-order chi connectivity index (χ1) is 12.9. The first-order valence-corrected chi connectivity index (χ1v) is 10.5. The highest BCUT2D eigenvalue weighted by atomic mass is 35.5. The number of halogens is 2. The molecule has 3 N–H and O–H groups in total. The summed E-state index contributed by atoms with van der Waals surface area (Å²) in [4.78, 5) is 13.9. The molecule has 3 unspecified atom stereocenters. The third-order valence-corrected chi connectivity index (χ3v) is 6.64. The fraction of sp³-hybridized carbons (Fsp3) is 0.571. The van der Waals surface area contributed by atoms with E-state index in [1.165, 1.54) is 5.57 Å². The van der Waals surface area contributed by atoms with E-state index in [-0.39, 0.29) is 23.9 Å². The highest BCUT2D eigenvalue weighted by molar-refractivity contribution is 6.35. The molecule has 1 aromatic rings. The van der Waals surface area contributed by atoms with Crippen molar-refractivity contribution in [1.29, 1.82) is 0 Å². The molecule has 6 heteroatoms. The van der Waals surface area contributed by atoms with E-state index >= 15 is 0 Å². The smallest absolute Gasteiger partial charge is 0.308 e. The van der Waals surface area contributed by atoms with E-state index in [0.29, 0.717) is 10.0 Å². The van der Waals surface area contributed by atoms with Crippen molar-refractivity contribution in [2.45, 2.75) is 57.0 Å². The third-order valence-electron chi connectivity index (χ3n) is 6.07. The normalized spacial score (nSPS) is 29.4. The van der Waals surface area contributed by atoms with Crippen molar-refractivity contribution in [3.05, 3.63) is 45.5 Å². The van der Waals surface area contributed by atoms with Crippen LogP contribution >= 0.6 is 23.2 Å². The number of aliphatic carboxylic acids is 1. The zero-order valence-electron chi connectivity index (χ0n) is 15.7. The second-order valence-electron chi connectivity index (χ2n) is 7.77. The van der Waals surface area contributed by atoms with E-state index < -0.39 is 5.97 Å². The number of nitrogens with zero attached hydrogens (tertiary/aromatic N) is 1. The number of piperidine rings is 1. The van der Waals surface area contributed by atoms with Gasteiger partial charge in [-0.15, -0.1) is 0 Å². The van der Waals surface area contributed by atoms with Crippen LogP contribution in [-0.2, 0) is 4.79 Å². The van der Waals surface area contributed by atoms with E-state index in [0.717, 1.165) is 50.8 Å². The fourth-order valence-electron chi connectivity index (χ4n) is 4.70. The van der Waals surface area contributed by atoms with E-state index in [4.69, 9.17) is 28.9 Å². The van der Waals surface area contributed by atoms with Gasteiger partial charge in [-0.3, -0.25) is 9.69 Å². The number of rotatable bonds is 5. The summed E-state index contributed by atoms with van der Waals surface area (Å²) in [6.07, 6.45) is 6.52. The van der Waals surface area contributed by atoms with Crippen LogP contribution in [0.5, 0.6) is 0 Å². The maximum absolute atomic E-state index is 11.6. The molecule has 2 aliphatic rings. The lowest BCUT2D eigenvalue weighted by Gasteiger charge is -2.41. The molecule has 0 spiro atoms. The van der Waals surface area contributed by atoms with Crippen LogP contribution in [0.15, 0.2) is 29.8 Å². The minimum absolute atomic E-state index is 0.00353. The van der Waals surface area contributed by atoms with Gasteiger partial charge in [-0.1, -0.05) is 47.8 Å². The van der Waals surface area contributed by atoms with Gasteiger partial charge in [-0.25, -0.2) is 0 Å². The summed E-state index contributed by atoms with van der Waals surface area (Å²) < 4.78 is 0. The van der Waals surface area contributed by atoms with Crippen molar-refractivity contribution >= 4 is 29.2 Å². The standard InChI is InChI=1S/C21H28Cl2N2O2/c1-2-20-17(21(26)27)4-3-9-25(20)12-13-5-7-16(19(24)10-13)15-8-6-14(22)11-18(15)23/h5-6,8,11,16-17,19-20H,2-4,7,9-10,12,24H2,1H3,(H,26,27)/t16?,17-,19?,20?/m1/s1. The first kappa shape index (κ1) is 20.7. The molecule has 0 amide bonds. The summed E-state index contributed by atoms with van der Waals surface area (Å²) in [5.41, 5.74) is 8.88. The topological polar surface area (TPSA) is 66.6 Å². The Morgan fingerprint density at radius 3 is 2.78 bits per heavy atom. The number of nitrogens with two attached hydrogens (primary N) is 1. The number of carboxylic acids is 1. The van der Waals surface area contributed by atoms with Gasteiger partial charge >= 0.3 is 5.97 Å². The van der Waals surface area contributed by atoms with Crippen molar-refractivity contribution in [2.24, 2.45) is 11.7 Å². The van der Waals surface area contributed by atoms with Gasteiger partial charge in [0.1, 0.15) is 0 Å². The number of hydrogen-bond acceptors (Lipinski definition) is 3. The summed E-state index contributed by atoms with van der Waals surface area (Å²) >= 11 is 12.4. The van der Waals surface area contributed by atoms with Crippen molar-refractivity contribution in [1.82, 2.24) is 4.90 Å². The predicted molar refractivity (Wildman–Crippen MR) is 111 cm³/mol. The van der Waals surface area contributed by atoms with Gasteiger partial charge in [0.25, 0.3) is 0 Å². The summed E-state index contributed by atoms with van der Waals surface area (Å²) in [7, 11) is 0. The Hall–Kier alpha value is -1.07. The first-order valence-electron chi connectivity index (χ1n) is 9.76. The van der Waals surface area contributed by atoms with E-state index in [2.05, 4.69) is 17.9 Å². The summed E-state index contributed by atoms with van der Waals surface area (Å²) in [6, 6.07) is 5.72. The van der Waals surface area contributed by atoms with Crippen LogP contribution in [0.4, 0.5) is 0 Å². The van der Waals surface area contributed by atoms with Gasteiger partial charge in [0, 0.05) is 34.6 Å². The maximum atomic E-state index is 11.6. The minimum Gasteiger partial charge on any atom is -0.481 e. The number of allylic oxidation sites excluding steroid dienone is 1. The molecular weight excluding hydrogens is 383 g/mol. The average molecular weight is 411 g/mol. The van der Waals surface area contributed by atoms with E-state index in [1.807, 2.05) is 12.1 Å². The second kappa shape index (κ2) is 8.95. The Balaban J connectivity index is 1.70. The van der Waals surface area contributed by atoms with Gasteiger partial charge in [0.15, 0.2) is 0 Å². The van der Waals surface area contributed by atoms with Gasteiger partial charge in [0.05, 0.1) is 5.92 Å². The zero-order valence-corrected chi connectivity index (χ0v) is 17.2. The third kappa shape index (κ3) is 4.68. The zero-order chi connectivity index (χ0) is 19.6. The molecule has 1 aromatic carbocycles. The van der Waals surface area contributed by atoms with Crippen LogP contribution in [0.1, 0.15) is 50.5 Å². The Bertz CT molecular complexity index is 722. The monoisotopic (exact) mass is 410 g/mol. The highest BCUT2D eigenvalue weighted by Gasteiger charge is 2.35. The van der Waals surface area contributed by atoms with Gasteiger partial charge in [-0.2, -0.15) is 0 Å². The minimum atomic E-state index is -0.668. The molecule has 0 saturated carbocycles. The van der Waals surface area contributed by atoms with Gasteiger partial charge in [-0.05, 0) is 56.3 Å². The lowest BCUT2D eigenvalue weighted by Crippen LogP contribution is -2.48. The lowest BCUT2D eigenvalue weighted by atomic mass is 9.80. The molecule has 1 aliphatic heterocycles. The van der Waals surface area contributed by atoms with Gasteiger partial charge in [0.2, 0.25) is 0 Å². The van der Waals surface area contributed by atoms with Crippen LogP contribution in [0.3, 0.4) is 0 Å². The molecule has 1 aliphatic carbocycles. The van der Waals surface area contributed by atoms with Crippen molar-refractivity contribution < 1.29 is 9.90 Å².